The first kappa shape index (κ1) is 41.2. The van der Waals surface area contributed by atoms with Crippen LogP contribution in [0.15, 0.2) is 30.3 Å². The van der Waals surface area contributed by atoms with Crippen LogP contribution in [0.4, 0.5) is 4.79 Å². The van der Waals surface area contributed by atoms with Crippen molar-refractivity contribution in [2.45, 2.75) is 110 Å². The zero-order chi connectivity index (χ0) is 36.8. The second-order valence-electron chi connectivity index (χ2n) is 15.0. The van der Waals surface area contributed by atoms with Crippen molar-refractivity contribution in [1.82, 2.24) is 14.7 Å². The molecule has 1 aliphatic heterocycles. The highest BCUT2D eigenvalue weighted by Crippen LogP contribution is 2.43. The van der Waals surface area contributed by atoms with E-state index in [0.29, 0.717) is 0 Å². The van der Waals surface area contributed by atoms with E-state index < -0.39 is 62.0 Å². The van der Waals surface area contributed by atoms with Gasteiger partial charge in [-0.3, -0.25) is 14.5 Å². The van der Waals surface area contributed by atoms with E-state index >= 15 is 0 Å². The fraction of sp³-hybridized carbons (Fsp3) is 0.714. The predicted octanol–water partition coefficient (Wildman–Crippen LogP) is 4.92. The molecule has 0 spiro atoms. The molecule has 12 nitrogen and oxygen atoms in total. The maximum Gasteiger partial charge on any atom is 0.410 e. The summed E-state index contributed by atoms with van der Waals surface area (Å²) in [5.41, 5.74) is -0.501. The van der Waals surface area contributed by atoms with Gasteiger partial charge in [0, 0.05) is 27.7 Å². The Kier molecular flexibility index (Phi) is 14.2. The first-order valence-corrected chi connectivity index (χ1v) is 19.5. The number of benzene rings is 1. The Hall–Kier alpha value is -3.00. The van der Waals surface area contributed by atoms with Gasteiger partial charge < -0.3 is 33.2 Å². The van der Waals surface area contributed by atoms with Gasteiger partial charge in [0.25, 0.3) is 0 Å². The number of likely N-dealkylation sites (tertiary alicyclic amines) is 1. The summed E-state index contributed by atoms with van der Waals surface area (Å²) in [4.78, 5) is 59.6. The minimum atomic E-state index is -2.43. The minimum Gasteiger partial charge on any atom is -0.467 e. The lowest BCUT2D eigenvalue weighted by atomic mass is 9.93. The molecule has 1 saturated heterocycles. The Morgan fingerprint density at radius 1 is 0.958 bits per heavy atom. The first-order chi connectivity index (χ1) is 22.2. The van der Waals surface area contributed by atoms with Crippen molar-refractivity contribution in [3.05, 3.63) is 35.9 Å². The lowest BCUT2D eigenvalue weighted by molar-refractivity contribution is -0.183. The molecule has 0 bridgehead atoms. The van der Waals surface area contributed by atoms with Gasteiger partial charge in [0.05, 0.1) is 13.2 Å². The molecule has 1 aliphatic rings. The van der Waals surface area contributed by atoms with E-state index in [1.165, 1.54) is 36.0 Å². The zero-order valence-corrected chi connectivity index (χ0v) is 32.5. The van der Waals surface area contributed by atoms with E-state index in [1.54, 1.807) is 14.0 Å². The Morgan fingerprint density at radius 2 is 1.52 bits per heavy atom. The molecule has 2 rings (SSSR count). The second kappa shape index (κ2) is 16.6. The second-order valence-corrected chi connectivity index (χ2v) is 19.8. The number of amides is 3. The fourth-order valence-electron chi connectivity index (χ4n) is 5.93. The van der Waals surface area contributed by atoms with Crippen LogP contribution in [-0.4, -0.2) is 118 Å². The molecule has 13 heteroatoms. The molecule has 1 aromatic rings. The van der Waals surface area contributed by atoms with Crippen molar-refractivity contribution >= 4 is 32.2 Å². The number of methoxy groups -OCH3 is 2. The van der Waals surface area contributed by atoms with Crippen LogP contribution < -0.4 is 0 Å². The number of hydrogen-bond acceptors (Lipinski definition) is 9. The van der Waals surface area contributed by atoms with Crippen LogP contribution >= 0.6 is 0 Å². The van der Waals surface area contributed by atoms with Gasteiger partial charge in [0.1, 0.15) is 31.1 Å². The van der Waals surface area contributed by atoms with Crippen molar-refractivity contribution in [2.75, 3.05) is 41.7 Å². The monoisotopic (exact) mass is 693 g/mol. The Labute approximate surface area is 288 Å². The summed E-state index contributed by atoms with van der Waals surface area (Å²) in [6.45, 7) is 19.5. The molecule has 272 valence electrons. The highest BCUT2D eigenvalue weighted by Gasteiger charge is 2.61. The summed E-state index contributed by atoms with van der Waals surface area (Å²) in [7, 11) is 3.38. The number of carbonyl (C=O) groups is 4. The van der Waals surface area contributed by atoms with Crippen molar-refractivity contribution in [3.8, 4) is 0 Å². The molecule has 0 N–H and O–H groups in total. The smallest absolute Gasteiger partial charge is 0.410 e. The number of rotatable bonds is 14. The van der Waals surface area contributed by atoms with Crippen LogP contribution in [0, 0.1) is 11.8 Å². The quantitative estimate of drug-likeness (QED) is 0.152. The number of ether oxygens (including phenoxy) is 4. The Balaban J connectivity index is 2.49. The van der Waals surface area contributed by atoms with Crippen molar-refractivity contribution < 1.29 is 42.6 Å². The highest BCUT2D eigenvalue weighted by molar-refractivity contribution is 6.74. The summed E-state index contributed by atoms with van der Waals surface area (Å²) >= 11 is 0. The average molecular weight is 694 g/mol. The van der Waals surface area contributed by atoms with Crippen LogP contribution in [0.3, 0.4) is 0 Å². The standard InChI is InChI=1S/C35H59N3O9Si/c1-23(2)27(37(10)33(42)45-21-25-18-16-15-17-19-25)30(39)36(9)28(24(3)4)31(40)38-20-26(47-48(13,14)34(5,6)7)35(8,46-22-43-11)29(38)32(41)44-12/h15-19,23-24,26-29H,20-22H2,1-14H3/t26-,27+,28+,29-,35-/m1/s1. The average Bonchev–Trinajstić information content (AvgIpc) is 3.28. The highest BCUT2D eigenvalue weighted by atomic mass is 28.4. The van der Waals surface area contributed by atoms with Crippen molar-refractivity contribution in [1.29, 1.82) is 0 Å². The Bertz CT molecular complexity index is 1250. The summed E-state index contributed by atoms with van der Waals surface area (Å²) in [5.74, 6) is -2.22. The molecular weight excluding hydrogens is 634 g/mol. The van der Waals surface area contributed by atoms with Crippen LogP contribution in [-0.2, 0) is 44.4 Å². The zero-order valence-electron chi connectivity index (χ0n) is 31.5. The van der Waals surface area contributed by atoms with Crippen molar-refractivity contribution in [3.63, 3.8) is 0 Å². The van der Waals surface area contributed by atoms with Gasteiger partial charge in [-0.2, -0.15) is 0 Å². The minimum absolute atomic E-state index is 0.0376. The molecule has 0 saturated carbocycles. The number of nitrogens with zero attached hydrogens (tertiary/aromatic N) is 3. The summed E-state index contributed by atoms with van der Waals surface area (Å²) in [6.07, 6.45) is -1.35. The number of likely N-dealkylation sites (N-methyl/N-ethyl adjacent to an activating group) is 2. The largest absolute Gasteiger partial charge is 0.467 e. The molecule has 1 aromatic carbocycles. The third-order valence-electron chi connectivity index (χ3n) is 9.74. The van der Waals surface area contributed by atoms with Crippen LogP contribution in [0.1, 0.15) is 61.0 Å². The van der Waals surface area contributed by atoms with Gasteiger partial charge in [-0.05, 0) is 42.5 Å². The molecule has 1 heterocycles. The summed E-state index contributed by atoms with van der Waals surface area (Å²) in [6, 6.07) is 6.18. The van der Waals surface area contributed by atoms with Gasteiger partial charge in [0.15, 0.2) is 14.4 Å². The van der Waals surface area contributed by atoms with Gasteiger partial charge >= 0.3 is 12.1 Å². The van der Waals surface area contributed by atoms with Crippen molar-refractivity contribution in [2.24, 2.45) is 11.8 Å². The number of esters is 1. The normalized spacial score (nSPS) is 21.2. The molecule has 5 atom stereocenters. The molecule has 3 amide bonds. The lowest BCUT2D eigenvalue weighted by Gasteiger charge is -2.42. The van der Waals surface area contributed by atoms with Gasteiger partial charge in [-0.25, -0.2) is 9.59 Å². The number of hydrogen-bond donors (Lipinski definition) is 0. The third kappa shape index (κ3) is 9.16. The lowest BCUT2D eigenvalue weighted by Crippen LogP contribution is -2.61. The van der Waals surface area contributed by atoms with E-state index in [4.69, 9.17) is 23.4 Å². The van der Waals surface area contributed by atoms with Gasteiger partial charge in [0.2, 0.25) is 11.8 Å². The topological polar surface area (TPSA) is 124 Å². The van der Waals surface area contributed by atoms with Crippen LogP contribution in [0.25, 0.3) is 0 Å². The van der Waals surface area contributed by atoms with E-state index in [9.17, 15) is 19.2 Å². The molecular formula is C35H59N3O9Si. The summed E-state index contributed by atoms with van der Waals surface area (Å²) in [5, 5.41) is -0.166. The van der Waals surface area contributed by atoms with E-state index in [2.05, 4.69) is 33.9 Å². The first-order valence-electron chi connectivity index (χ1n) is 16.5. The molecule has 1 fully saturated rings. The maximum atomic E-state index is 14.7. The molecule has 48 heavy (non-hydrogen) atoms. The third-order valence-corrected chi connectivity index (χ3v) is 14.2. The molecule has 0 aromatic heterocycles. The predicted molar refractivity (Wildman–Crippen MR) is 185 cm³/mol. The van der Waals surface area contributed by atoms with Crippen LogP contribution in [0.2, 0.25) is 18.1 Å². The molecule has 0 aliphatic carbocycles. The van der Waals surface area contributed by atoms with E-state index in [1.807, 2.05) is 58.0 Å². The fourth-order valence-corrected chi connectivity index (χ4v) is 7.31. The maximum absolute atomic E-state index is 14.7. The van der Waals surface area contributed by atoms with Gasteiger partial charge in [-0.15, -0.1) is 0 Å². The SMILES string of the molecule is COCO[C@]1(C)[C@H](O[Si](C)(C)C(C)(C)C)CN(C(=O)[C@H](C(C)C)N(C)C(=O)[C@H](C(C)C)N(C)C(=O)OCc2ccccc2)[C@@H]1C(=O)OC. The van der Waals surface area contributed by atoms with E-state index in [-0.39, 0.29) is 36.8 Å². The van der Waals surface area contributed by atoms with Gasteiger partial charge in [-0.1, -0.05) is 78.8 Å². The Morgan fingerprint density at radius 3 is 2.00 bits per heavy atom. The summed E-state index contributed by atoms with van der Waals surface area (Å²) < 4.78 is 29.0. The van der Waals surface area contributed by atoms with E-state index in [0.717, 1.165) is 5.56 Å². The molecule has 0 unspecified atom stereocenters. The molecule has 0 radical (unpaired) electrons. The van der Waals surface area contributed by atoms with Crippen LogP contribution in [0.5, 0.6) is 0 Å². The number of carbonyl (C=O) groups excluding carboxylic acids is 4.